The third kappa shape index (κ3) is 10.0. The van der Waals surface area contributed by atoms with Gasteiger partial charge in [0, 0.05) is 6.42 Å². The SMILES string of the molecule is Cc1ccccc1-n1cc(CCCCCCCCCCCCCCCC(=O)O)nn1. The summed E-state index contributed by atoms with van der Waals surface area (Å²) in [4.78, 5) is 10.4. The highest BCUT2D eigenvalue weighted by Crippen LogP contribution is 2.15. The first-order valence-electron chi connectivity index (χ1n) is 11.9. The molecule has 2 rings (SSSR count). The van der Waals surface area contributed by atoms with Gasteiger partial charge in [-0.05, 0) is 37.8 Å². The van der Waals surface area contributed by atoms with Crippen molar-refractivity contribution in [2.24, 2.45) is 0 Å². The molecule has 30 heavy (non-hydrogen) atoms. The highest BCUT2D eigenvalue weighted by atomic mass is 16.4. The fourth-order valence-electron chi connectivity index (χ4n) is 3.88. The van der Waals surface area contributed by atoms with Gasteiger partial charge in [-0.15, -0.1) is 5.10 Å². The van der Waals surface area contributed by atoms with Gasteiger partial charge in [0.25, 0.3) is 0 Å². The molecule has 0 spiro atoms. The molecule has 0 aliphatic rings. The number of unbranched alkanes of at least 4 members (excludes halogenated alkanes) is 12. The average molecular weight is 414 g/mol. The predicted molar refractivity (Wildman–Crippen MR) is 122 cm³/mol. The molecule has 0 radical (unpaired) electrons. The van der Waals surface area contributed by atoms with Gasteiger partial charge in [-0.25, -0.2) is 4.68 Å². The van der Waals surface area contributed by atoms with Crippen molar-refractivity contribution in [2.45, 2.75) is 103 Å². The van der Waals surface area contributed by atoms with Gasteiger partial charge in [0.15, 0.2) is 0 Å². The minimum atomic E-state index is -0.666. The maximum Gasteiger partial charge on any atom is 0.303 e. The lowest BCUT2D eigenvalue weighted by Crippen LogP contribution is -1.97. The third-order valence-corrected chi connectivity index (χ3v) is 5.73. The van der Waals surface area contributed by atoms with Crippen molar-refractivity contribution in [3.63, 3.8) is 0 Å². The smallest absolute Gasteiger partial charge is 0.303 e. The zero-order valence-corrected chi connectivity index (χ0v) is 18.7. The Labute approximate surface area is 181 Å². The third-order valence-electron chi connectivity index (χ3n) is 5.73. The van der Waals surface area contributed by atoms with Crippen LogP contribution in [0.5, 0.6) is 0 Å². The lowest BCUT2D eigenvalue weighted by atomic mass is 10.0. The number of carboxylic acids is 1. The van der Waals surface area contributed by atoms with E-state index < -0.39 is 5.97 Å². The Morgan fingerprint density at radius 2 is 1.37 bits per heavy atom. The number of carboxylic acid groups (broad SMARTS) is 1. The number of benzene rings is 1. The minimum absolute atomic E-state index is 0.327. The highest BCUT2D eigenvalue weighted by Gasteiger charge is 2.05. The molecule has 0 atom stereocenters. The van der Waals surface area contributed by atoms with Crippen molar-refractivity contribution in [1.29, 1.82) is 0 Å². The van der Waals surface area contributed by atoms with Gasteiger partial charge >= 0.3 is 5.97 Å². The van der Waals surface area contributed by atoms with Crippen LogP contribution in [0.25, 0.3) is 5.69 Å². The van der Waals surface area contributed by atoms with Crippen LogP contribution in [0.3, 0.4) is 0 Å². The Hall–Kier alpha value is -2.17. The number of aliphatic carboxylic acids is 1. The molecule has 0 unspecified atom stereocenters. The zero-order chi connectivity index (χ0) is 21.4. The molecule has 0 bridgehead atoms. The van der Waals surface area contributed by atoms with E-state index >= 15 is 0 Å². The van der Waals surface area contributed by atoms with E-state index in [4.69, 9.17) is 5.11 Å². The molecule has 0 saturated carbocycles. The van der Waals surface area contributed by atoms with Crippen LogP contribution in [-0.4, -0.2) is 26.1 Å². The van der Waals surface area contributed by atoms with E-state index in [1.807, 2.05) is 16.8 Å². The van der Waals surface area contributed by atoms with Crippen molar-refractivity contribution >= 4 is 5.97 Å². The molecule has 1 heterocycles. The molecule has 0 aliphatic carbocycles. The fourth-order valence-corrected chi connectivity index (χ4v) is 3.88. The van der Waals surface area contributed by atoms with Gasteiger partial charge in [0.1, 0.15) is 0 Å². The molecule has 2 aromatic rings. The zero-order valence-electron chi connectivity index (χ0n) is 18.7. The summed E-state index contributed by atoms with van der Waals surface area (Å²) < 4.78 is 1.89. The Morgan fingerprint density at radius 1 is 0.833 bits per heavy atom. The molecular weight excluding hydrogens is 374 g/mol. The molecule has 0 fully saturated rings. The van der Waals surface area contributed by atoms with Crippen LogP contribution in [0.2, 0.25) is 0 Å². The summed E-state index contributed by atoms with van der Waals surface area (Å²) >= 11 is 0. The summed E-state index contributed by atoms with van der Waals surface area (Å²) in [5.41, 5.74) is 3.40. The van der Waals surface area contributed by atoms with Gasteiger partial charge in [0.2, 0.25) is 0 Å². The molecule has 0 aliphatic heterocycles. The second kappa shape index (κ2) is 14.8. The van der Waals surface area contributed by atoms with Gasteiger partial charge < -0.3 is 5.11 Å². The number of hydrogen-bond acceptors (Lipinski definition) is 3. The minimum Gasteiger partial charge on any atom is -0.481 e. The van der Waals surface area contributed by atoms with Crippen LogP contribution in [-0.2, 0) is 11.2 Å². The monoisotopic (exact) mass is 413 g/mol. The van der Waals surface area contributed by atoms with Gasteiger partial charge in [-0.3, -0.25) is 4.79 Å². The fraction of sp³-hybridized carbons (Fsp3) is 0.640. The Bertz CT molecular complexity index is 727. The number of nitrogens with zero attached hydrogens (tertiary/aromatic N) is 3. The number of aryl methyl sites for hydroxylation is 2. The van der Waals surface area contributed by atoms with E-state index in [9.17, 15) is 4.79 Å². The van der Waals surface area contributed by atoms with E-state index in [2.05, 4.69) is 35.6 Å². The van der Waals surface area contributed by atoms with Crippen LogP contribution in [0.1, 0.15) is 101 Å². The summed E-state index contributed by atoms with van der Waals surface area (Å²) in [7, 11) is 0. The second-order valence-electron chi connectivity index (χ2n) is 8.43. The van der Waals surface area contributed by atoms with Crippen LogP contribution in [0.4, 0.5) is 0 Å². The number of carbonyl (C=O) groups is 1. The standard InChI is InChI=1S/C25H39N3O2/c1-22-17-15-16-19-24(22)28-21-23(26-27-28)18-13-11-9-7-5-3-2-4-6-8-10-12-14-20-25(29)30/h15-17,19,21H,2-14,18,20H2,1H3,(H,29,30). The van der Waals surface area contributed by atoms with E-state index in [0.717, 1.165) is 30.6 Å². The first-order chi connectivity index (χ1) is 14.7. The van der Waals surface area contributed by atoms with Crippen molar-refractivity contribution in [3.05, 3.63) is 41.7 Å². The molecule has 0 amide bonds. The van der Waals surface area contributed by atoms with Crippen LogP contribution >= 0.6 is 0 Å². The van der Waals surface area contributed by atoms with Crippen molar-refractivity contribution < 1.29 is 9.90 Å². The van der Waals surface area contributed by atoms with E-state index in [0.29, 0.717) is 6.42 Å². The summed E-state index contributed by atoms with van der Waals surface area (Å²) in [5, 5.41) is 17.2. The normalized spacial score (nSPS) is 11.1. The van der Waals surface area contributed by atoms with Crippen molar-refractivity contribution in [3.8, 4) is 5.69 Å². The van der Waals surface area contributed by atoms with Crippen molar-refractivity contribution in [1.82, 2.24) is 15.0 Å². The second-order valence-corrected chi connectivity index (χ2v) is 8.43. The highest BCUT2D eigenvalue weighted by molar-refractivity contribution is 5.66. The molecule has 1 aromatic heterocycles. The quantitative estimate of drug-likeness (QED) is 0.294. The Balaban J connectivity index is 1.40. The van der Waals surface area contributed by atoms with Gasteiger partial charge in [0.05, 0.1) is 17.6 Å². The molecule has 0 saturated heterocycles. The van der Waals surface area contributed by atoms with Gasteiger partial charge in [-0.1, -0.05) is 94.0 Å². The maximum absolute atomic E-state index is 10.4. The number of aromatic nitrogens is 3. The van der Waals surface area contributed by atoms with Crippen LogP contribution in [0, 0.1) is 6.92 Å². The molecule has 1 aromatic carbocycles. The van der Waals surface area contributed by atoms with Crippen LogP contribution in [0.15, 0.2) is 30.5 Å². The Morgan fingerprint density at radius 3 is 1.93 bits per heavy atom. The first kappa shape index (κ1) is 24.1. The molecule has 5 heteroatoms. The molecule has 166 valence electrons. The lowest BCUT2D eigenvalue weighted by molar-refractivity contribution is -0.137. The average Bonchev–Trinajstić information content (AvgIpc) is 3.19. The largest absolute Gasteiger partial charge is 0.481 e. The molecular formula is C25H39N3O2. The van der Waals surface area contributed by atoms with E-state index in [1.54, 1.807) is 0 Å². The van der Waals surface area contributed by atoms with E-state index in [1.165, 1.54) is 76.2 Å². The summed E-state index contributed by atoms with van der Waals surface area (Å²) in [6, 6.07) is 8.26. The number of rotatable bonds is 17. The van der Waals surface area contributed by atoms with Crippen LogP contribution < -0.4 is 0 Å². The topological polar surface area (TPSA) is 68.0 Å². The van der Waals surface area contributed by atoms with Crippen molar-refractivity contribution in [2.75, 3.05) is 0 Å². The first-order valence-corrected chi connectivity index (χ1v) is 11.9. The van der Waals surface area contributed by atoms with E-state index in [-0.39, 0.29) is 0 Å². The molecule has 1 N–H and O–H groups in total. The summed E-state index contributed by atoms with van der Waals surface area (Å²) in [6.45, 7) is 2.10. The Kier molecular flexibility index (Phi) is 11.9. The number of para-hydroxylation sites is 1. The predicted octanol–water partition coefficient (Wildman–Crippen LogP) is 6.66. The van der Waals surface area contributed by atoms with Gasteiger partial charge in [-0.2, -0.15) is 0 Å². The molecule has 5 nitrogen and oxygen atoms in total. The number of hydrogen-bond donors (Lipinski definition) is 1. The summed E-state index contributed by atoms with van der Waals surface area (Å²) in [5.74, 6) is -0.666. The maximum atomic E-state index is 10.4. The summed E-state index contributed by atoms with van der Waals surface area (Å²) in [6.07, 6.45) is 19.5. The lowest BCUT2D eigenvalue weighted by Gasteiger charge is -2.03.